The molecule has 3 rings (SSSR count). The van der Waals surface area contributed by atoms with Crippen molar-refractivity contribution in [2.45, 2.75) is 13.0 Å². The zero-order chi connectivity index (χ0) is 18.5. The van der Waals surface area contributed by atoms with E-state index in [0.29, 0.717) is 4.73 Å². The summed E-state index contributed by atoms with van der Waals surface area (Å²) in [5.74, 6) is -1.28. The van der Waals surface area contributed by atoms with E-state index in [4.69, 9.17) is 4.74 Å². The smallest absolute Gasteiger partial charge is 0.405 e. The summed E-state index contributed by atoms with van der Waals surface area (Å²) in [7, 11) is 0. The lowest BCUT2D eigenvalue weighted by molar-refractivity contribution is -0.608. The zero-order valence-corrected chi connectivity index (χ0v) is 14.2. The first-order chi connectivity index (χ1) is 12.6. The number of carbonyl (C=O) groups is 2. The average molecular weight is 350 g/mol. The van der Waals surface area contributed by atoms with Crippen molar-refractivity contribution in [2.75, 3.05) is 6.61 Å². The number of nitrogens with zero attached hydrogens (tertiary/aromatic N) is 1. The molecule has 1 aromatic heterocycles. The van der Waals surface area contributed by atoms with Gasteiger partial charge >= 0.3 is 11.7 Å². The summed E-state index contributed by atoms with van der Waals surface area (Å²) in [5.41, 5.74) is 0.811. The third-order valence-electron chi connectivity index (χ3n) is 4.03. The van der Waals surface area contributed by atoms with Gasteiger partial charge in [0.25, 0.3) is 5.91 Å². The molecule has 26 heavy (non-hydrogen) atoms. The van der Waals surface area contributed by atoms with E-state index in [2.05, 4.69) is 5.32 Å². The van der Waals surface area contributed by atoms with Gasteiger partial charge in [0.2, 0.25) is 0 Å². The fourth-order valence-electron chi connectivity index (χ4n) is 2.78. The van der Waals surface area contributed by atoms with Gasteiger partial charge in [0.05, 0.1) is 6.04 Å². The Morgan fingerprint density at radius 1 is 1.08 bits per heavy atom. The number of rotatable bonds is 5. The second-order valence-electron chi connectivity index (χ2n) is 5.85. The number of amides is 1. The van der Waals surface area contributed by atoms with Crippen LogP contribution in [0.1, 0.15) is 29.0 Å². The molecule has 0 unspecified atom stereocenters. The van der Waals surface area contributed by atoms with E-state index < -0.39 is 18.5 Å². The van der Waals surface area contributed by atoms with E-state index >= 15 is 0 Å². The molecule has 0 fully saturated rings. The fourth-order valence-corrected chi connectivity index (χ4v) is 2.78. The van der Waals surface area contributed by atoms with Crippen LogP contribution in [0.5, 0.6) is 0 Å². The van der Waals surface area contributed by atoms with Crippen LogP contribution in [0.25, 0.3) is 10.8 Å². The second-order valence-corrected chi connectivity index (χ2v) is 5.85. The molecule has 2 aromatic carbocycles. The van der Waals surface area contributed by atoms with Crippen LogP contribution in [-0.2, 0) is 9.53 Å². The number of nitrogens with one attached hydrogen (secondary N) is 1. The normalized spacial score (nSPS) is 11.7. The fraction of sp³-hybridized carbons (Fsp3) is 0.150. The van der Waals surface area contributed by atoms with Gasteiger partial charge in [0.1, 0.15) is 0 Å². The van der Waals surface area contributed by atoms with Gasteiger partial charge in [-0.15, -0.1) is 0 Å². The summed E-state index contributed by atoms with van der Waals surface area (Å²) in [5, 5.41) is 16.5. The van der Waals surface area contributed by atoms with Crippen LogP contribution in [0.15, 0.2) is 66.9 Å². The Morgan fingerprint density at radius 3 is 2.62 bits per heavy atom. The molecule has 0 bridgehead atoms. The van der Waals surface area contributed by atoms with Crippen molar-refractivity contribution in [3.8, 4) is 0 Å². The molecule has 132 valence electrons. The number of benzene rings is 2. The summed E-state index contributed by atoms with van der Waals surface area (Å²) in [6.07, 6.45) is 1.19. The lowest BCUT2D eigenvalue weighted by Crippen LogP contribution is -2.36. The van der Waals surface area contributed by atoms with Crippen LogP contribution in [0, 0.1) is 5.21 Å². The topological polar surface area (TPSA) is 82.3 Å². The summed E-state index contributed by atoms with van der Waals surface area (Å²) >= 11 is 0. The quantitative estimate of drug-likeness (QED) is 0.435. The highest BCUT2D eigenvalue weighted by atomic mass is 16.5. The molecule has 1 amide bonds. The molecule has 0 saturated carbocycles. The highest BCUT2D eigenvalue weighted by Crippen LogP contribution is 2.23. The Hall–Kier alpha value is -3.41. The van der Waals surface area contributed by atoms with Crippen LogP contribution >= 0.6 is 0 Å². The third kappa shape index (κ3) is 3.80. The van der Waals surface area contributed by atoms with E-state index in [9.17, 15) is 14.8 Å². The third-order valence-corrected chi connectivity index (χ3v) is 4.03. The molecule has 0 radical (unpaired) electrons. The molecule has 0 aliphatic heterocycles. The van der Waals surface area contributed by atoms with E-state index in [0.717, 1.165) is 16.3 Å². The average Bonchev–Trinajstić information content (AvgIpc) is 2.66. The van der Waals surface area contributed by atoms with Crippen LogP contribution < -0.4 is 10.0 Å². The van der Waals surface area contributed by atoms with Gasteiger partial charge in [-0.05, 0) is 29.3 Å². The van der Waals surface area contributed by atoms with Gasteiger partial charge in [-0.25, -0.2) is 4.79 Å². The largest absolute Gasteiger partial charge is 0.618 e. The van der Waals surface area contributed by atoms with E-state index in [1.54, 1.807) is 6.07 Å². The zero-order valence-electron chi connectivity index (χ0n) is 14.2. The van der Waals surface area contributed by atoms with Gasteiger partial charge in [-0.2, -0.15) is 4.73 Å². The van der Waals surface area contributed by atoms with Crippen molar-refractivity contribution in [3.63, 3.8) is 0 Å². The van der Waals surface area contributed by atoms with Crippen molar-refractivity contribution in [1.82, 2.24) is 5.32 Å². The number of aromatic nitrogens is 1. The van der Waals surface area contributed by atoms with Gasteiger partial charge in [0.15, 0.2) is 12.8 Å². The first-order valence-corrected chi connectivity index (χ1v) is 8.18. The van der Waals surface area contributed by atoms with E-state index in [-0.39, 0.29) is 11.7 Å². The maximum atomic E-state index is 12.1. The van der Waals surface area contributed by atoms with Crippen LogP contribution in [0.4, 0.5) is 0 Å². The monoisotopic (exact) mass is 350 g/mol. The molecular weight excluding hydrogens is 332 g/mol. The summed E-state index contributed by atoms with van der Waals surface area (Å²) < 4.78 is 5.32. The van der Waals surface area contributed by atoms with Gasteiger partial charge in [-0.1, -0.05) is 42.5 Å². The standard InChI is InChI=1S/C20H18N2O4/c1-14(16-10-6-8-15-7-2-3-9-17(15)16)21-19(23)13-26-20(24)18-11-4-5-12-22(18)25/h2-12,14H,13H2,1H3,(H,21,23)/t14-/m1/s1. The van der Waals surface area contributed by atoms with Crippen molar-refractivity contribution in [2.24, 2.45) is 0 Å². The number of fused-ring (bicyclic) bond motifs is 1. The van der Waals surface area contributed by atoms with Gasteiger partial charge < -0.3 is 15.3 Å². The molecular formula is C20H18N2O4. The minimum absolute atomic E-state index is 0.164. The lowest BCUT2D eigenvalue weighted by Gasteiger charge is -2.16. The van der Waals surface area contributed by atoms with E-state index in [1.165, 1.54) is 18.3 Å². The Balaban J connectivity index is 1.63. The predicted molar refractivity (Wildman–Crippen MR) is 96.2 cm³/mol. The Bertz CT molecular complexity index is 950. The Kier molecular flexibility index (Phi) is 5.12. The molecule has 6 heteroatoms. The molecule has 6 nitrogen and oxygen atoms in total. The number of hydrogen-bond acceptors (Lipinski definition) is 4. The van der Waals surface area contributed by atoms with Gasteiger partial charge in [0, 0.05) is 12.1 Å². The number of carbonyl (C=O) groups excluding carboxylic acids is 2. The number of ether oxygens (including phenoxy) is 1. The maximum absolute atomic E-state index is 12.1. The lowest BCUT2D eigenvalue weighted by atomic mass is 10.00. The maximum Gasteiger partial charge on any atom is 0.405 e. The van der Waals surface area contributed by atoms with E-state index in [1.807, 2.05) is 49.4 Å². The van der Waals surface area contributed by atoms with Gasteiger partial charge in [-0.3, -0.25) is 4.79 Å². The summed E-state index contributed by atoms with van der Waals surface area (Å²) in [6.45, 7) is 1.41. The highest BCUT2D eigenvalue weighted by molar-refractivity contribution is 5.89. The molecule has 1 heterocycles. The first kappa shape index (κ1) is 17.4. The number of pyridine rings is 1. The van der Waals surface area contributed by atoms with Crippen LogP contribution in [-0.4, -0.2) is 18.5 Å². The Morgan fingerprint density at radius 2 is 1.81 bits per heavy atom. The second kappa shape index (κ2) is 7.65. The van der Waals surface area contributed by atoms with Crippen molar-refractivity contribution in [1.29, 1.82) is 0 Å². The van der Waals surface area contributed by atoms with Crippen LogP contribution in [0.2, 0.25) is 0 Å². The van der Waals surface area contributed by atoms with Crippen molar-refractivity contribution in [3.05, 3.63) is 83.3 Å². The Labute approximate surface area is 150 Å². The number of esters is 1. The first-order valence-electron chi connectivity index (χ1n) is 8.18. The van der Waals surface area contributed by atoms with Crippen molar-refractivity contribution >= 4 is 22.6 Å². The molecule has 0 spiro atoms. The minimum Gasteiger partial charge on any atom is -0.618 e. The molecule has 0 aliphatic carbocycles. The minimum atomic E-state index is -0.839. The number of hydrogen-bond donors (Lipinski definition) is 1. The highest BCUT2D eigenvalue weighted by Gasteiger charge is 2.19. The summed E-state index contributed by atoms with van der Waals surface area (Å²) in [6, 6.07) is 17.9. The predicted octanol–water partition coefficient (Wildman–Crippen LogP) is 2.51. The molecule has 0 saturated heterocycles. The summed E-state index contributed by atoms with van der Waals surface area (Å²) in [4.78, 5) is 24.0. The molecule has 1 atom stereocenters. The molecule has 1 N–H and O–H groups in total. The molecule has 0 aliphatic rings. The van der Waals surface area contributed by atoms with Crippen LogP contribution in [0.3, 0.4) is 0 Å². The SMILES string of the molecule is C[C@@H](NC(=O)COC(=O)c1cccc[n+]1[O-])c1cccc2ccccc12. The van der Waals surface area contributed by atoms with Crippen molar-refractivity contribution < 1.29 is 19.1 Å². The molecule has 3 aromatic rings.